The topological polar surface area (TPSA) is 55.8 Å². The largest absolute Gasteiger partial charge is 0.506 e. The number of benzene rings is 2. The van der Waals surface area contributed by atoms with E-state index in [2.05, 4.69) is 45.2 Å². The maximum absolute atomic E-state index is 12.7. The Balaban J connectivity index is 2.05. The van der Waals surface area contributed by atoms with E-state index in [0.29, 0.717) is 34.6 Å². The van der Waals surface area contributed by atoms with E-state index in [9.17, 15) is 9.90 Å². The van der Waals surface area contributed by atoms with Crippen molar-refractivity contribution in [3.05, 3.63) is 53.7 Å². The smallest absolute Gasteiger partial charge is 0.189 e. The van der Waals surface area contributed by atoms with Gasteiger partial charge in [-0.25, -0.2) is 0 Å². The number of carbonyl (C=O) groups excluding carboxylic acids is 1. The second kappa shape index (κ2) is 6.91. The first kappa shape index (κ1) is 17.5. The van der Waals surface area contributed by atoms with Crippen LogP contribution in [0.4, 0.5) is 0 Å². The molecule has 24 heavy (non-hydrogen) atoms. The molecule has 0 heterocycles. The summed E-state index contributed by atoms with van der Waals surface area (Å²) in [7, 11) is 3.12. The van der Waals surface area contributed by atoms with Gasteiger partial charge in [-0.1, -0.05) is 0 Å². The van der Waals surface area contributed by atoms with Crippen LogP contribution in [0.15, 0.2) is 29.8 Å². The van der Waals surface area contributed by atoms with Gasteiger partial charge in [0.15, 0.2) is 17.3 Å². The number of carbonyl (C=O) groups is 1. The van der Waals surface area contributed by atoms with Crippen molar-refractivity contribution in [3.8, 4) is 17.2 Å². The molecule has 4 nitrogen and oxygen atoms in total. The first-order chi connectivity index (χ1) is 11.4. The Kier molecular flexibility index (Phi) is 5.05. The Labute approximate surface area is 167 Å². The summed E-state index contributed by atoms with van der Waals surface area (Å²) >= 11 is 4.28. The predicted molar refractivity (Wildman–Crippen MR) is 109 cm³/mol. The van der Waals surface area contributed by atoms with Crippen molar-refractivity contribution in [1.82, 2.24) is 0 Å². The summed E-state index contributed by atoms with van der Waals surface area (Å²) in [6.45, 7) is 0. The normalized spacial score (nSPS) is 14.8. The molecule has 1 N–H and O–H groups in total. The molecule has 0 bridgehead atoms. The number of halogens is 2. The molecule has 6 heteroatoms. The van der Waals surface area contributed by atoms with E-state index in [1.54, 1.807) is 26.4 Å². The number of phenolic OH excluding ortho intramolecular Hbond substituents is 1. The molecule has 0 saturated carbocycles. The van der Waals surface area contributed by atoms with Crippen LogP contribution in [0.3, 0.4) is 0 Å². The number of Topliss-reactive ketones (excluding diaryl/α,β-unsaturated/α-hetero) is 1. The van der Waals surface area contributed by atoms with E-state index in [-0.39, 0.29) is 11.5 Å². The summed E-state index contributed by atoms with van der Waals surface area (Å²) in [6, 6.07) is 7.31. The Bertz CT molecular complexity index is 872. The zero-order valence-electron chi connectivity index (χ0n) is 13.0. The zero-order valence-corrected chi connectivity index (χ0v) is 17.3. The van der Waals surface area contributed by atoms with Gasteiger partial charge < -0.3 is 14.6 Å². The molecular weight excluding hydrogens is 534 g/mol. The number of rotatable bonds is 3. The molecule has 124 valence electrons. The number of fused-ring (bicyclic) bond motifs is 1. The van der Waals surface area contributed by atoms with Gasteiger partial charge in [-0.15, -0.1) is 0 Å². The number of hydrogen-bond donors (Lipinski definition) is 1. The second-order valence-corrected chi connectivity index (χ2v) is 7.77. The molecule has 2 aromatic rings. The highest BCUT2D eigenvalue weighted by molar-refractivity contribution is 14.1. The van der Waals surface area contributed by atoms with Gasteiger partial charge in [0.1, 0.15) is 5.75 Å². The van der Waals surface area contributed by atoms with E-state index in [1.165, 1.54) is 0 Å². The number of methoxy groups -OCH3 is 2. The maximum atomic E-state index is 12.7. The minimum atomic E-state index is -0.0424. The van der Waals surface area contributed by atoms with Crippen LogP contribution >= 0.6 is 45.2 Å². The van der Waals surface area contributed by atoms with Gasteiger partial charge in [0.25, 0.3) is 0 Å². The number of ketones is 1. The van der Waals surface area contributed by atoms with Crippen LogP contribution in [-0.2, 0) is 6.42 Å². The van der Waals surface area contributed by atoms with E-state index in [4.69, 9.17) is 9.47 Å². The Morgan fingerprint density at radius 1 is 1.08 bits per heavy atom. The molecule has 0 saturated heterocycles. The Morgan fingerprint density at radius 3 is 2.42 bits per heavy atom. The highest BCUT2D eigenvalue weighted by Gasteiger charge is 2.27. The van der Waals surface area contributed by atoms with Crippen molar-refractivity contribution < 1.29 is 19.4 Å². The van der Waals surface area contributed by atoms with Crippen LogP contribution in [-0.4, -0.2) is 25.1 Å². The first-order valence-corrected chi connectivity index (χ1v) is 9.28. The monoisotopic (exact) mass is 548 g/mol. The third-order valence-corrected chi connectivity index (χ3v) is 5.36. The maximum Gasteiger partial charge on any atom is 0.189 e. The second-order valence-electron chi connectivity index (χ2n) is 5.37. The molecule has 0 atom stereocenters. The lowest BCUT2D eigenvalue weighted by atomic mass is 10.1. The fourth-order valence-electron chi connectivity index (χ4n) is 2.74. The van der Waals surface area contributed by atoms with Gasteiger partial charge in [0.05, 0.1) is 17.8 Å². The molecule has 0 aromatic heterocycles. The first-order valence-electron chi connectivity index (χ1n) is 7.12. The van der Waals surface area contributed by atoms with Crippen LogP contribution < -0.4 is 9.47 Å². The summed E-state index contributed by atoms with van der Waals surface area (Å²) < 4.78 is 12.3. The average molecular weight is 548 g/mol. The van der Waals surface area contributed by atoms with Gasteiger partial charge in [-0.3, -0.25) is 4.79 Å². The minimum Gasteiger partial charge on any atom is -0.506 e. The number of ether oxygens (including phenoxy) is 2. The van der Waals surface area contributed by atoms with Gasteiger partial charge >= 0.3 is 0 Å². The summed E-state index contributed by atoms with van der Waals surface area (Å²) in [5.74, 6) is 1.30. The average Bonchev–Trinajstić information content (AvgIpc) is 2.86. The minimum absolute atomic E-state index is 0.0424. The third kappa shape index (κ3) is 3.13. The number of aromatic hydroxyl groups is 1. The zero-order chi connectivity index (χ0) is 17.4. The molecule has 0 fully saturated rings. The van der Waals surface area contributed by atoms with Gasteiger partial charge in [-0.05, 0) is 81.1 Å². The molecule has 0 radical (unpaired) electrons. The lowest BCUT2D eigenvalue weighted by Crippen LogP contribution is -1.98. The fraction of sp³-hybridized carbons (Fsp3) is 0.167. The molecule has 1 aliphatic rings. The van der Waals surface area contributed by atoms with Crippen LogP contribution in [0.1, 0.15) is 21.5 Å². The SMILES string of the molecule is COc1cc2c(cc1OC)C(=O)C(=Cc1cc(I)cc(I)c1O)C2. The van der Waals surface area contributed by atoms with Crippen molar-refractivity contribution >= 4 is 57.0 Å². The summed E-state index contributed by atoms with van der Waals surface area (Å²) in [6.07, 6.45) is 2.27. The molecule has 0 amide bonds. The summed E-state index contributed by atoms with van der Waals surface area (Å²) in [5, 5.41) is 10.2. The van der Waals surface area contributed by atoms with Crippen LogP contribution in [0, 0.1) is 7.14 Å². The highest BCUT2D eigenvalue weighted by Crippen LogP contribution is 2.38. The van der Waals surface area contributed by atoms with Gasteiger partial charge in [0, 0.05) is 26.7 Å². The van der Waals surface area contributed by atoms with Crippen LogP contribution in [0.2, 0.25) is 0 Å². The van der Waals surface area contributed by atoms with Gasteiger partial charge in [-0.2, -0.15) is 0 Å². The Morgan fingerprint density at radius 2 is 1.75 bits per heavy atom. The fourth-order valence-corrected chi connectivity index (χ4v) is 4.63. The molecular formula is C18H14I2O4. The molecule has 0 spiro atoms. The van der Waals surface area contributed by atoms with Crippen molar-refractivity contribution in [2.24, 2.45) is 0 Å². The van der Waals surface area contributed by atoms with E-state index in [1.807, 2.05) is 18.2 Å². The van der Waals surface area contributed by atoms with E-state index < -0.39 is 0 Å². The van der Waals surface area contributed by atoms with Crippen LogP contribution in [0.5, 0.6) is 17.2 Å². The molecule has 0 aliphatic heterocycles. The summed E-state index contributed by atoms with van der Waals surface area (Å²) in [5.41, 5.74) is 2.83. The van der Waals surface area contributed by atoms with Crippen LogP contribution in [0.25, 0.3) is 6.08 Å². The number of allylic oxidation sites excluding steroid dienone is 1. The van der Waals surface area contributed by atoms with Crippen molar-refractivity contribution in [2.75, 3.05) is 14.2 Å². The number of hydrogen-bond acceptors (Lipinski definition) is 4. The lowest BCUT2D eigenvalue weighted by molar-refractivity contribution is 0.104. The van der Waals surface area contributed by atoms with Crippen molar-refractivity contribution in [1.29, 1.82) is 0 Å². The quantitative estimate of drug-likeness (QED) is 0.456. The standard InChI is InChI=1S/C18H14I2O4/c1-23-15-6-9-3-10(17(21)13(9)8-16(15)24-2)4-11-5-12(19)7-14(20)18(11)22/h4-8,22H,3H2,1-2H3. The molecule has 1 aliphatic carbocycles. The summed E-state index contributed by atoms with van der Waals surface area (Å²) in [4.78, 5) is 12.7. The number of phenols is 1. The molecule has 2 aromatic carbocycles. The molecule has 3 rings (SSSR count). The van der Waals surface area contributed by atoms with Gasteiger partial charge in [0.2, 0.25) is 0 Å². The third-order valence-electron chi connectivity index (χ3n) is 3.91. The Hall–Kier alpha value is -1.29. The lowest BCUT2D eigenvalue weighted by Gasteiger charge is -2.08. The molecule has 0 unspecified atom stereocenters. The van der Waals surface area contributed by atoms with E-state index >= 15 is 0 Å². The van der Waals surface area contributed by atoms with Crippen molar-refractivity contribution in [2.45, 2.75) is 6.42 Å². The van der Waals surface area contributed by atoms with E-state index in [0.717, 1.165) is 12.7 Å². The van der Waals surface area contributed by atoms with Crippen molar-refractivity contribution in [3.63, 3.8) is 0 Å². The predicted octanol–water partition coefficient (Wildman–Crippen LogP) is 4.44. The highest BCUT2D eigenvalue weighted by atomic mass is 127.